The zero-order valence-electron chi connectivity index (χ0n) is 9.10. The van der Waals surface area contributed by atoms with Crippen molar-refractivity contribution in [2.75, 3.05) is 12.4 Å². The Morgan fingerprint density at radius 1 is 1.60 bits per heavy atom. The van der Waals surface area contributed by atoms with E-state index in [1.54, 1.807) is 13.8 Å². The fraction of sp³-hybridized carbons (Fsp3) is 0.900. The number of aliphatic hydroxyl groups excluding tert-OH is 1. The van der Waals surface area contributed by atoms with Crippen molar-refractivity contribution in [2.45, 2.75) is 31.4 Å². The summed E-state index contributed by atoms with van der Waals surface area (Å²) in [6.45, 7) is 3.31. The minimum atomic E-state index is -3.37. The minimum Gasteiger partial charge on any atom is -0.396 e. The zero-order valence-corrected chi connectivity index (χ0v) is 9.92. The first-order valence-electron chi connectivity index (χ1n) is 5.18. The van der Waals surface area contributed by atoms with Gasteiger partial charge in [-0.1, -0.05) is 13.8 Å². The molecule has 5 heteroatoms. The van der Waals surface area contributed by atoms with E-state index in [1.165, 1.54) is 0 Å². The van der Waals surface area contributed by atoms with Crippen LogP contribution in [-0.4, -0.2) is 30.6 Å². The number of hydrogen-bond acceptors (Lipinski definition) is 4. The van der Waals surface area contributed by atoms with Gasteiger partial charge in [-0.25, -0.2) is 8.42 Å². The molecule has 0 radical (unpaired) electrons. The lowest BCUT2D eigenvalue weighted by atomic mass is 9.99. The Balaban J connectivity index is 3.14. The van der Waals surface area contributed by atoms with Gasteiger partial charge in [-0.05, 0) is 24.7 Å². The molecule has 1 aliphatic carbocycles. The predicted octanol–water partition coefficient (Wildman–Crippen LogP) is 0.722. The highest BCUT2D eigenvalue weighted by molar-refractivity contribution is 7.93. The molecule has 0 heterocycles. The molecule has 0 aromatic carbocycles. The molecular formula is C10H17NO3S. The molecule has 3 atom stereocenters. The summed E-state index contributed by atoms with van der Waals surface area (Å²) in [5.41, 5.74) is 0. The second kappa shape index (κ2) is 4.11. The van der Waals surface area contributed by atoms with Crippen LogP contribution in [0.2, 0.25) is 0 Å². The van der Waals surface area contributed by atoms with Gasteiger partial charge in [-0.15, -0.1) is 0 Å². The average molecular weight is 231 g/mol. The third-order valence-corrected chi connectivity index (χ3v) is 5.99. The van der Waals surface area contributed by atoms with Crippen LogP contribution < -0.4 is 0 Å². The molecule has 0 saturated heterocycles. The molecule has 0 unspecified atom stereocenters. The first-order chi connectivity index (χ1) is 6.93. The predicted molar refractivity (Wildman–Crippen MR) is 56.8 cm³/mol. The lowest BCUT2D eigenvalue weighted by molar-refractivity contribution is 0.226. The van der Waals surface area contributed by atoms with Crippen molar-refractivity contribution in [1.29, 1.82) is 5.26 Å². The van der Waals surface area contributed by atoms with E-state index < -0.39 is 14.6 Å². The van der Waals surface area contributed by atoms with Crippen LogP contribution in [-0.2, 0) is 9.84 Å². The van der Waals surface area contributed by atoms with Crippen LogP contribution in [0.15, 0.2) is 0 Å². The van der Waals surface area contributed by atoms with Crippen molar-refractivity contribution in [1.82, 2.24) is 0 Å². The Hall–Kier alpha value is -0.600. The van der Waals surface area contributed by atoms with Gasteiger partial charge >= 0.3 is 0 Å². The molecular weight excluding hydrogens is 214 g/mol. The van der Waals surface area contributed by atoms with Gasteiger partial charge in [0.15, 0.2) is 14.6 Å². The molecule has 1 N–H and O–H groups in total. The van der Waals surface area contributed by atoms with E-state index in [-0.39, 0.29) is 30.6 Å². The summed E-state index contributed by atoms with van der Waals surface area (Å²) in [5, 5.41) is 18.2. The maximum absolute atomic E-state index is 11.9. The molecule has 0 spiro atoms. The number of rotatable bonds is 3. The van der Waals surface area contributed by atoms with Crippen LogP contribution in [0, 0.1) is 23.2 Å². The summed E-state index contributed by atoms with van der Waals surface area (Å²) in [5.74, 6) is -0.256. The summed E-state index contributed by atoms with van der Waals surface area (Å²) in [4.78, 5) is 0. The highest BCUT2D eigenvalue weighted by Gasteiger charge is 2.53. The summed E-state index contributed by atoms with van der Waals surface area (Å²) >= 11 is 0. The van der Waals surface area contributed by atoms with Gasteiger partial charge in [-0.3, -0.25) is 0 Å². The number of aliphatic hydroxyl groups is 1. The first kappa shape index (κ1) is 12.5. The summed E-state index contributed by atoms with van der Waals surface area (Å²) < 4.78 is 22.6. The molecule has 1 aliphatic rings. The SMILES string of the molecule is CCS(=O)(=O)[C@]1(C#N)C[C@H](CO)C[C@@H]1C. The van der Waals surface area contributed by atoms with Crippen molar-refractivity contribution < 1.29 is 13.5 Å². The van der Waals surface area contributed by atoms with E-state index >= 15 is 0 Å². The van der Waals surface area contributed by atoms with Gasteiger partial charge < -0.3 is 5.11 Å². The monoisotopic (exact) mass is 231 g/mol. The molecule has 86 valence electrons. The first-order valence-corrected chi connectivity index (χ1v) is 6.83. The quantitative estimate of drug-likeness (QED) is 0.776. The van der Waals surface area contributed by atoms with Gasteiger partial charge in [0, 0.05) is 12.4 Å². The lowest BCUT2D eigenvalue weighted by Gasteiger charge is -2.25. The molecule has 0 amide bonds. The van der Waals surface area contributed by atoms with E-state index in [0.717, 1.165) is 0 Å². The lowest BCUT2D eigenvalue weighted by Crippen LogP contribution is -2.41. The summed E-state index contributed by atoms with van der Waals surface area (Å²) in [6.07, 6.45) is 0.890. The van der Waals surface area contributed by atoms with E-state index in [4.69, 9.17) is 10.4 Å². The Bertz CT molecular complexity index is 371. The molecule has 1 rings (SSSR count). The fourth-order valence-electron chi connectivity index (χ4n) is 2.46. The van der Waals surface area contributed by atoms with Crippen LogP contribution >= 0.6 is 0 Å². The molecule has 1 fully saturated rings. The van der Waals surface area contributed by atoms with Gasteiger partial charge in [0.1, 0.15) is 0 Å². The molecule has 0 bridgehead atoms. The van der Waals surface area contributed by atoms with Gasteiger partial charge in [0.25, 0.3) is 0 Å². The van der Waals surface area contributed by atoms with Crippen molar-refractivity contribution >= 4 is 9.84 Å². The second-order valence-corrected chi connectivity index (χ2v) is 6.83. The molecule has 0 aromatic rings. The largest absolute Gasteiger partial charge is 0.396 e. The van der Waals surface area contributed by atoms with Crippen molar-refractivity contribution in [3.63, 3.8) is 0 Å². The molecule has 0 aromatic heterocycles. The fourth-order valence-corrected chi connectivity index (χ4v) is 4.31. The molecule has 15 heavy (non-hydrogen) atoms. The normalized spacial score (nSPS) is 36.4. The third kappa shape index (κ3) is 1.77. The topological polar surface area (TPSA) is 78.2 Å². The number of nitrogens with zero attached hydrogens (tertiary/aromatic N) is 1. The highest BCUT2D eigenvalue weighted by atomic mass is 32.2. The van der Waals surface area contributed by atoms with E-state index in [9.17, 15) is 8.42 Å². The van der Waals surface area contributed by atoms with Crippen LogP contribution in [0.1, 0.15) is 26.7 Å². The second-order valence-electron chi connectivity index (χ2n) is 4.29. The molecule has 0 aliphatic heterocycles. The average Bonchev–Trinajstić information content (AvgIpc) is 2.56. The number of nitriles is 1. The Labute approximate surface area is 90.8 Å². The highest BCUT2D eigenvalue weighted by Crippen LogP contribution is 2.44. The summed E-state index contributed by atoms with van der Waals surface area (Å²) in [7, 11) is -3.37. The van der Waals surface area contributed by atoms with Crippen LogP contribution in [0.4, 0.5) is 0 Å². The van der Waals surface area contributed by atoms with Gasteiger partial charge in [0.2, 0.25) is 0 Å². The standard InChI is InChI=1S/C10H17NO3S/c1-3-15(13,14)10(7-11)5-9(6-12)4-8(10)2/h8-9,12H,3-6H2,1-2H3/t8-,9+,10-/m0/s1. The van der Waals surface area contributed by atoms with Crippen molar-refractivity contribution in [2.24, 2.45) is 11.8 Å². The minimum absolute atomic E-state index is 0.0109. The Kier molecular flexibility index (Phi) is 3.41. The van der Waals surface area contributed by atoms with Gasteiger partial charge in [0.05, 0.1) is 6.07 Å². The van der Waals surface area contributed by atoms with Crippen molar-refractivity contribution in [3.05, 3.63) is 0 Å². The summed E-state index contributed by atoms with van der Waals surface area (Å²) in [6, 6.07) is 1.98. The van der Waals surface area contributed by atoms with E-state index in [2.05, 4.69) is 0 Å². The van der Waals surface area contributed by atoms with E-state index in [0.29, 0.717) is 6.42 Å². The van der Waals surface area contributed by atoms with Crippen LogP contribution in [0.3, 0.4) is 0 Å². The Morgan fingerprint density at radius 2 is 2.20 bits per heavy atom. The van der Waals surface area contributed by atoms with E-state index in [1.807, 2.05) is 6.07 Å². The van der Waals surface area contributed by atoms with Gasteiger partial charge in [-0.2, -0.15) is 5.26 Å². The number of sulfone groups is 1. The van der Waals surface area contributed by atoms with Crippen molar-refractivity contribution in [3.8, 4) is 6.07 Å². The maximum Gasteiger partial charge on any atom is 0.169 e. The zero-order chi connectivity index (χ0) is 11.7. The maximum atomic E-state index is 11.9. The number of hydrogen-bond donors (Lipinski definition) is 1. The molecule has 1 saturated carbocycles. The smallest absolute Gasteiger partial charge is 0.169 e. The molecule has 4 nitrogen and oxygen atoms in total. The Morgan fingerprint density at radius 3 is 2.53 bits per heavy atom. The van der Waals surface area contributed by atoms with Crippen LogP contribution in [0.5, 0.6) is 0 Å². The third-order valence-electron chi connectivity index (χ3n) is 3.46. The van der Waals surface area contributed by atoms with Crippen LogP contribution in [0.25, 0.3) is 0 Å².